The van der Waals surface area contributed by atoms with Crippen molar-refractivity contribution in [2.24, 2.45) is 5.73 Å². The molecule has 1 aromatic heterocycles. The van der Waals surface area contributed by atoms with Crippen LogP contribution in [-0.4, -0.2) is 42.9 Å². The van der Waals surface area contributed by atoms with E-state index in [0.717, 1.165) is 0 Å². The number of ether oxygens (including phenoxy) is 2. The summed E-state index contributed by atoms with van der Waals surface area (Å²) < 4.78 is 10.3. The quantitative estimate of drug-likeness (QED) is 0.694. The van der Waals surface area contributed by atoms with Gasteiger partial charge in [-0.1, -0.05) is 0 Å². The first-order valence-electron chi connectivity index (χ1n) is 5.16. The molecule has 3 N–H and O–H groups in total. The van der Waals surface area contributed by atoms with Gasteiger partial charge < -0.3 is 20.5 Å². The number of hydrogen-bond acceptors (Lipinski definition) is 6. The van der Waals surface area contributed by atoms with Crippen molar-refractivity contribution in [3.8, 4) is 5.88 Å². The molecular formula is C10H18N4O2. The van der Waals surface area contributed by atoms with Gasteiger partial charge in [-0.05, 0) is 6.92 Å². The summed E-state index contributed by atoms with van der Waals surface area (Å²) in [6.07, 6.45) is 1.45. The summed E-state index contributed by atoms with van der Waals surface area (Å²) >= 11 is 0. The molecule has 1 atom stereocenters. The molecule has 1 heterocycles. The van der Waals surface area contributed by atoms with Crippen LogP contribution in [0, 0.1) is 0 Å². The van der Waals surface area contributed by atoms with Crippen molar-refractivity contribution in [1.82, 2.24) is 9.97 Å². The molecule has 0 saturated heterocycles. The van der Waals surface area contributed by atoms with Crippen molar-refractivity contribution in [2.75, 3.05) is 32.2 Å². The van der Waals surface area contributed by atoms with Gasteiger partial charge in [0.1, 0.15) is 18.8 Å². The monoisotopic (exact) mass is 226 g/mol. The van der Waals surface area contributed by atoms with E-state index in [2.05, 4.69) is 15.3 Å². The van der Waals surface area contributed by atoms with Crippen molar-refractivity contribution in [3.05, 3.63) is 12.4 Å². The summed E-state index contributed by atoms with van der Waals surface area (Å²) in [7, 11) is 1.66. The molecule has 0 aliphatic heterocycles. The molecule has 1 rings (SSSR count). The van der Waals surface area contributed by atoms with E-state index in [4.69, 9.17) is 15.2 Å². The lowest BCUT2D eigenvalue weighted by Crippen LogP contribution is -2.21. The van der Waals surface area contributed by atoms with Crippen LogP contribution in [0.1, 0.15) is 6.92 Å². The zero-order valence-electron chi connectivity index (χ0n) is 9.64. The molecule has 0 radical (unpaired) electrons. The van der Waals surface area contributed by atoms with Crippen LogP contribution in [0.2, 0.25) is 0 Å². The fraction of sp³-hybridized carbons (Fsp3) is 0.600. The second-order valence-corrected chi connectivity index (χ2v) is 3.38. The van der Waals surface area contributed by atoms with Crippen molar-refractivity contribution < 1.29 is 9.47 Å². The van der Waals surface area contributed by atoms with Gasteiger partial charge in [0.2, 0.25) is 5.88 Å². The SMILES string of the molecule is COCC(C)Nc1cc(OCCN)ncn1. The molecule has 1 aromatic rings. The van der Waals surface area contributed by atoms with Crippen molar-refractivity contribution in [1.29, 1.82) is 0 Å². The number of anilines is 1. The molecule has 6 nitrogen and oxygen atoms in total. The second kappa shape index (κ2) is 6.97. The standard InChI is InChI=1S/C10H18N4O2/c1-8(6-15-2)14-9-5-10(13-7-12-9)16-4-3-11/h5,7-8H,3-4,6,11H2,1-2H3,(H,12,13,14). The Morgan fingerprint density at radius 3 is 3.00 bits per heavy atom. The highest BCUT2D eigenvalue weighted by Crippen LogP contribution is 2.11. The summed E-state index contributed by atoms with van der Waals surface area (Å²) in [4.78, 5) is 8.05. The van der Waals surface area contributed by atoms with Crippen LogP contribution in [0.5, 0.6) is 5.88 Å². The molecular weight excluding hydrogens is 208 g/mol. The van der Waals surface area contributed by atoms with Gasteiger partial charge in [0.05, 0.1) is 6.61 Å². The Morgan fingerprint density at radius 1 is 1.50 bits per heavy atom. The number of nitrogens with one attached hydrogen (secondary N) is 1. The predicted octanol–water partition coefficient (Wildman–Crippen LogP) is 0.261. The summed E-state index contributed by atoms with van der Waals surface area (Å²) in [5.41, 5.74) is 5.33. The first kappa shape index (κ1) is 12.7. The fourth-order valence-electron chi connectivity index (χ4n) is 1.20. The third-order valence-corrected chi connectivity index (χ3v) is 1.82. The lowest BCUT2D eigenvalue weighted by Gasteiger charge is -2.13. The summed E-state index contributed by atoms with van der Waals surface area (Å²) in [6.45, 7) is 3.53. The Labute approximate surface area is 95.2 Å². The van der Waals surface area contributed by atoms with Crippen LogP contribution >= 0.6 is 0 Å². The van der Waals surface area contributed by atoms with Gasteiger partial charge >= 0.3 is 0 Å². The minimum Gasteiger partial charge on any atom is -0.476 e. The molecule has 0 aliphatic carbocycles. The van der Waals surface area contributed by atoms with Gasteiger partial charge in [-0.15, -0.1) is 0 Å². The number of aromatic nitrogens is 2. The van der Waals surface area contributed by atoms with E-state index < -0.39 is 0 Å². The third kappa shape index (κ3) is 4.41. The number of methoxy groups -OCH3 is 1. The average Bonchev–Trinajstić information content (AvgIpc) is 2.27. The number of hydrogen-bond donors (Lipinski definition) is 2. The predicted molar refractivity (Wildman–Crippen MR) is 61.5 cm³/mol. The molecule has 0 fully saturated rings. The Hall–Kier alpha value is -1.40. The van der Waals surface area contributed by atoms with Crippen LogP contribution in [0.4, 0.5) is 5.82 Å². The van der Waals surface area contributed by atoms with E-state index in [-0.39, 0.29) is 6.04 Å². The van der Waals surface area contributed by atoms with Gasteiger partial charge in [-0.2, -0.15) is 0 Å². The van der Waals surface area contributed by atoms with Crippen LogP contribution in [-0.2, 0) is 4.74 Å². The van der Waals surface area contributed by atoms with E-state index in [1.807, 2.05) is 6.92 Å². The molecule has 90 valence electrons. The van der Waals surface area contributed by atoms with Crippen molar-refractivity contribution >= 4 is 5.82 Å². The van der Waals surface area contributed by atoms with E-state index >= 15 is 0 Å². The van der Waals surface area contributed by atoms with Crippen LogP contribution in [0.3, 0.4) is 0 Å². The highest BCUT2D eigenvalue weighted by Gasteiger charge is 2.04. The maximum Gasteiger partial charge on any atom is 0.218 e. The zero-order chi connectivity index (χ0) is 11.8. The summed E-state index contributed by atoms with van der Waals surface area (Å²) in [6, 6.07) is 1.92. The largest absolute Gasteiger partial charge is 0.476 e. The van der Waals surface area contributed by atoms with E-state index in [1.165, 1.54) is 6.33 Å². The van der Waals surface area contributed by atoms with Crippen LogP contribution < -0.4 is 15.8 Å². The Bertz CT molecular complexity index is 309. The van der Waals surface area contributed by atoms with Gasteiger partial charge in [0.25, 0.3) is 0 Å². The Balaban J connectivity index is 2.52. The first-order chi connectivity index (χ1) is 7.76. The Kier molecular flexibility index (Phi) is 5.52. The van der Waals surface area contributed by atoms with E-state index in [0.29, 0.717) is 31.5 Å². The smallest absolute Gasteiger partial charge is 0.218 e. The summed E-state index contributed by atoms with van der Waals surface area (Å²) in [5, 5.41) is 3.17. The second-order valence-electron chi connectivity index (χ2n) is 3.38. The fourth-order valence-corrected chi connectivity index (χ4v) is 1.20. The van der Waals surface area contributed by atoms with E-state index in [9.17, 15) is 0 Å². The maximum atomic E-state index is 5.33. The molecule has 0 saturated carbocycles. The first-order valence-corrected chi connectivity index (χ1v) is 5.16. The molecule has 0 aromatic carbocycles. The number of nitrogens with zero attached hydrogens (tertiary/aromatic N) is 2. The zero-order valence-corrected chi connectivity index (χ0v) is 9.64. The van der Waals surface area contributed by atoms with Gasteiger partial charge in [0.15, 0.2) is 0 Å². The lowest BCUT2D eigenvalue weighted by molar-refractivity contribution is 0.190. The Morgan fingerprint density at radius 2 is 2.31 bits per heavy atom. The maximum absolute atomic E-state index is 5.33. The van der Waals surface area contributed by atoms with Gasteiger partial charge in [-0.3, -0.25) is 0 Å². The topological polar surface area (TPSA) is 82.3 Å². The minimum atomic E-state index is 0.183. The molecule has 16 heavy (non-hydrogen) atoms. The van der Waals surface area contributed by atoms with E-state index in [1.54, 1.807) is 13.2 Å². The average molecular weight is 226 g/mol. The number of nitrogens with two attached hydrogens (primary N) is 1. The van der Waals surface area contributed by atoms with Crippen LogP contribution in [0.25, 0.3) is 0 Å². The van der Waals surface area contributed by atoms with Gasteiger partial charge in [0, 0.05) is 25.8 Å². The molecule has 0 aliphatic rings. The molecule has 0 spiro atoms. The lowest BCUT2D eigenvalue weighted by atomic mass is 10.3. The molecule has 0 amide bonds. The third-order valence-electron chi connectivity index (χ3n) is 1.82. The normalized spacial score (nSPS) is 12.2. The van der Waals surface area contributed by atoms with Crippen molar-refractivity contribution in [3.63, 3.8) is 0 Å². The highest BCUT2D eigenvalue weighted by atomic mass is 16.5. The molecule has 6 heteroatoms. The highest BCUT2D eigenvalue weighted by molar-refractivity contribution is 5.37. The van der Waals surface area contributed by atoms with Crippen LogP contribution in [0.15, 0.2) is 12.4 Å². The molecule has 1 unspecified atom stereocenters. The molecule has 0 bridgehead atoms. The minimum absolute atomic E-state index is 0.183. The summed E-state index contributed by atoms with van der Waals surface area (Å²) in [5.74, 6) is 1.24. The number of rotatable bonds is 7. The van der Waals surface area contributed by atoms with Crippen molar-refractivity contribution in [2.45, 2.75) is 13.0 Å². The van der Waals surface area contributed by atoms with Gasteiger partial charge in [-0.25, -0.2) is 9.97 Å².